The summed E-state index contributed by atoms with van der Waals surface area (Å²) in [4.78, 5) is 23.1. The van der Waals surface area contributed by atoms with Crippen LogP contribution in [-0.2, 0) is 9.59 Å². The molecular formula is C12H14Cl2N2O2. The van der Waals surface area contributed by atoms with Crippen molar-refractivity contribution in [2.45, 2.75) is 26.3 Å². The predicted molar refractivity (Wildman–Crippen MR) is 73.0 cm³/mol. The van der Waals surface area contributed by atoms with Crippen LogP contribution in [0.1, 0.15) is 20.8 Å². The Kier molecular flexibility index (Phi) is 4.59. The minimum Gasteiger partial charge on any atom is -0.343 e. The first kappa shape index (κ1) is 14.8. The zero-order valence-corrected chi connectivity index (χ0v) is 11.8. The Labute approximate surface area is 116 Å². The molecule has 0 aliphatic carbocycles. The van der Waals surface area contributed by atoms with E-state index in [1.807, 2.05) is 0 Å². The van der Waals surface area contributed by atoms with Crippen molar-refractivity contribution < 1.29 is 9.59 Å². The molecule has 0 aliphatic heterocycles. The van der Waals surface area contributed by atoms with Crippen molar-refractivity contribution in [3.8, 4) is 0 Å². The summed E-state index contributed by atoms with van der Waals surface area (Å²) in [6, 6.07) is 4.59. The quantitative estimate of drug-likeness (QED) is 0.781. The van der Waals surface area contributed by atoms with E-state index in [-0.39, 0.29) is 0 Å². The van der Waals surface area contributed by atoms with E-state index in [2.05, 4.69) is 10.6 Å². The lowest BCUT2D eigenvalue weighted by atomic mass is 10.1. The molecular weight excluding hydrogens is 275 g/mol. The van der Waals surface area contributed by atoms with Gasteiger partial charge in [0.2, 0.25) is 0 Å². The molecule has 0 aliphatic rings. The van der Waals surface area contributed by atoms with Gasteiger partial charge >= 0.3 is 11.8 Å². The standard InChI is InChI=1S/C12H14Cl2N2O2/c1-12(2,3)16-11(18)10(17)15-7-4-5-8(13)9(14)6-7/h4-6H,1-3H3,(H,15,17)(H,16,18). The molecule has 4 nitrogen and oxygen atoms in total. The van der Waals surface area contributed by atoms with Gasteiger partial charge in [0.1, 0.15) is 0 Å². The molecule has 18 heavy (non-hydrogen) atoms. The number of rotatable bonds is 1. The Bertz CT molecular complexity index is 481. The van der Waals surface area contributed by atoms with Gasteiger partial charge in [-0.1, -0.05) is 23.2 Å². The summed E-state index contributed by atoms with van der Waals surface area (Å²) in [7, 11) is 0. The lowest BCUT2D eigenvalue weighted by molar-refractivity contribution is -0.137. The number of benzene rings is 1. The van der Waals surface area contributed by atoms with Crippen molar-refractivity contribution >= 4 is 40.7 Å². The summed E-state index contributed by atoms with van der Waals surface area (Å²) in [5, 5.41) is 5.69. The minimum absolute atomic E-state index is 0.311. The highest BCUT2D eigenvalue weighted by molar-refractivity contribution is 6.43. The predicted octanol–water partition coefficient (Wildman–Crippen LogP) is 2.85. The van der Waals surface area contributed by atoms with Crippen LogP contribution in [0.4, 0.5) is 5.69 Å². The minimum atomic E-state index is -0.747. The molecule has 0 radical (unpaired) electrons. The number of halogens is 2. The van der Waals surface area contributed by atoms with E-state index in [0.717, 1.165) is 0 Å². The Hall–Kier alpha value is -1.26. The normalized spacial score (nSPS) is 10.9. The second kappa shape index (κ2) is 5.59. The maximum Gasteiger partial charge on any atom is 0.313 e. The first-order chi connectivity index (χ1) is 8.19. The molecule has 1 aromatic carbocycles. The molecule has 2 N–H and O–H groups in total. The number of nitrogens with one attached hydrogen (secondary N) is 2. The fourth-order valence-corrected chi connectivity index (χ4v) is 1.46. The van der Waals surface area contributed by atoms with Gasteiger partial charge in [-0.2, -0.15) is 0 Å². The molecule has 0 bridgehead atoms. The van der Waals surface area contributed by atoms with Crippen molar-refractivity contribution in [3.05, 3.63) is 28.2 Å². The van der Waals surface area contributed by atoms with Crippen LogP contribution < -0.4 is 10.6 Å². The van der Waals surface area contributed by atoms with Crippen LogP contribution in [0.15, 0.2) is 18.2 Å². The lowest BCUT2D eigenvalue weighted by Gasteiger charge is -2.19. The van der Waals surface area contributed by atoms with E-state index >= 15 is 0 Å². The zero-order valence-electron chi connectivity index (χ0n) is 10.3. The Morgan fingerprint density at radius 1 is 1.06 bits per heavy atom. The van der Waals surface area contributed by atoms with Gasteiger partial charge in [0.05, 0.1) is 10.0 Å². The summed E-state index contributed by atoms with van der Waals surface area (Å²) in [6.45, 7) is 5.37. The fourth-order valence-electron chi connectivity index (χ4n) is 1.16. The number of hydrogen-bond donors (Lipinski definition) is 2. The van der Waals surface area contributed by atoms with Crippen molar-refractivity contribution in [1.82, 2.24) is 5.32 Å². The summed E-state index contributed by atoms with van der Waals surface area (Å²) < 4.78 is 0. The van der Waals surface area contributed by atoms with Crippen LogP contribution in [0.5, 0.6) is 0 Å². The van der Waals surface area contributed by atoms with Crippen LogP contribution in [0.2, 0.25) is 10.0 Å². The van der Waals surface area contributed by atoms with Gasteiger partial charge < -0.3 is 10.6 Å². The van der Waals surface area contributed by atoms with Crippen LogP contribution in [0, 0.1) is 0 Å². The molecule has 0 unspecified atom stereocenters. The molecule has 0 atom stereocenters. The van der Waals surface area contributed by atoms with E-state index in [4.69, 9.17) is 23.2 Å². The van der Waals surface area contributed by atoms with Crippen molar-refractivity contribution in [2.75, 3.05) is 5.32 Å². The van der Waals surface area contributed by atoms with Gasteiger partial charge in [0, 0.05) is 11.2 Å². The molecule has 2 amide bonds. The molecule has 0 heterocycles. The van der Waals surface area contributed by atoms with E-state index in [1.165, 1.54) is 6.07 Å². The smallest absolute Gasteiger partial charge is 0.313 e. The Morgan fingerprint density at radius 3 is 2.17 bits per heavy atom. The van der Waals surface area contributed by atoms with Crippen LogP contribution in [0.25, 0.3) is 0 Å². The molecule has 0 saturated carbocycles. The number of carbonyl (C=O) groups is 2. The van der Waals surface area contributed by atoms with Crippen molar-refractivity contribution in [3.63, 3.8) is 0 Å². The third-order valence-corrected chi connectivity index (χ3v) is 2.61. The first-order valence-electron chi connectivity index (χ1n) is 5.27. The summed E-state index contributed by atoms with van der Waals surface area (Å²) >= 11 is 11.5. The van der Waals surface area contributed by atoms with Crippen LogP contribution in [0.3, 0.4) is 0 Å². The Balaban J connectivity index is 2.70. The molecule has 0 fully saturated rings. The second-order valence-electron chi connectivity index (χ2n) is 4.79. The van der Waals surface area contributed by atoms with E-state index < -0.39 is 17.4 Å². The molecule has 1 rings (SSSR count). The highest BCUT2D eigenvalue weighted by atomic mass is 35.5. The van der Waals surface area contributed by atoms with Gasteiger partial charge in [-0.25, -0.2) is 0 Å². The number of anilines is 1. The average Bonchev–Trinajstić information content (AvgIpc) is 2.21. The van der Waals surface area contributed by atoms with Gasteiger partial charge in [-0.15, -0.1) is 0 Å². The average molecular weight is 289 g/mol. The van der Waals surface area contributed by atoms with E-state index in [1.54, 1.807) is 32.9 Å². The van der Waals surface area contributed by atoms with Crippen LogP contribution >= 0.6 is 23.2 Å². The van der Waals surface area contributed by atoms with Gasteiger partial charge in [0.15, 0.2) is 0 Å². The molecule has 0 spiro atoms. The van der Waals surface area contributed by atoms with Gasteiger partial charge in [-0.05, 0) is 39.0 Å². The summed E-state index contributed by atoms with van der Waals surface area (Å²) in [5.74, 6) is -1.45. The summed E-state index contributed by atoms with van der Waals surface area (Å²) in [5.41, 5.74) is -0.0510. The lowest BCUT2D eigenvalue weighted by Crippen LogP contribution is -2.46. The maximum absolute atomic E-state index is 11.6. The largest absolute Gasteiger partial charge is 0.343 e. The summed E-state index contributed by atoms with van der Waals surface area (Å²) in [6.07, 6.45) is 0. The first-order valence-corrected chi connectivity index (χ1v) is 6.03. The number of hydrogen-bond acceptors (Lipinski definition) is 2. The van der Waals surface area contributed by atoms with E-state index in [9.17, 15) is 9.59 Å². The second-order valence-corrected chi connectivity index (χ2v) is 5.60. The topological polar surface area (TPSA) is 58.2 Å². The van der Waals surface area contributed by atoms with Crippen molar-refractivity contribution in [1.29, 1.82) is 0 Å². The zero-order chi connectivity index (χ0) is 13.9. The molecule has 6 heteroatoms. The third kappa shape index (κ3) is 4.55. The fraction of sp³-hybridized carbons (Fsp3) is 0.333. The number of amides is 2. The maximum atomic E-state index is 11.6. The molecule has 1 aromatic rings. The third-order valence-electron chi connectivity index (χ3n) is 1.87. The van der Waals surface area contributed by atoms with Gasteiger partial charge in [0.25, 0.3) is 0 Å². The van der Waals surface area contributed by atoms with E-state index in [0.29, 0.717) is 15.7 Å². The Morgan fingerprint density at radius 2 is 1.67 bits per heavy atom. The molecule has 0 saturated heterocycles. The monoisotopic (exact) mass is 288 g/mol. The number of carbonyl (C=O) groups excluding carboxylic acids is 2. The highest BCUT2D eigenvalue weighted by Crippen LogP contribution is 2.24. The molecule has 98 valence electrons. The SMILES string of the molecule is CC(C)(C)NC(=O)C(=O)Nc1ccc(Cl)c(Cl)c1. The molecule has 0 aromatic heterocycles. The van der Waals surface area contributed by atoms with Crippen molar-refractivity contribution in [2.24, 2.45) is 0 Å². The van der Waals surface area contributed by atoms with Gasteiger partial charge in [-0.3, -0.25) is 9.59 Å². The van der Waals surface area contributed by atoms with Crippen LogP contribution in [-0.4, -0.2) is 17.4 Å². The highest BCUT2D eigenvalue weighted by Gasteiger charge is 2.20.